The second-order valence-electron chi connectivity index (χ2n) is 5.52. The molecule has 3 rings (SSSR count). The average molecular weight is 303 g/mol. The predicted molar refractivity (Wildman–Crippen MR) is 85.7 cm³/mol. The first-order valence-corrected chi connectivity index (χ1v) is 8.30. The van der Waals surface area contributed by atoms with Crippen molar-refractivity contribution >= 4 is 16.5 Å². The molecule has 4 nitrogen and oxygen atoms in total. The van der Waals surface area contributed by atoms with Crippen molar-refractivity contribution in [1.29, 1.82) is 0 Å². The molecule has 0 radical (unpaired) electrons. The second kappa shape index (κ2) is 6.12. The minimum atomic E-state index is 0.101. The van der Waals surface area contributed by atoms with E-state index in [1.807, 2.05) is 19.1 Å². The number of anilines is 1. The molecule has 1 fully saturated rings. The van der Waals surface area contributed by atoms with Crippen LogP contribution < -0.4 is 4.90 Å². The van der Waals surface area contributed by atoms with Crippen molar-refractivity contribution < 1.29 is 5.11 Å². The van der Waals surface area contributed by atoms with Crippen LogP contribution in [0.15, 0.2) is 18.2 Å². The maximum atomic E-state index is 9.53. The van der Waals surface area contributed by atoms with Crippen LogP contribution in [0.4, 0.5) is 5.13 Å². The zero-order valence-electron chi connectivity index (χ0n) is 12.5. The van der Waals surface area contributed by atoms with Gasteiger partial charge in [0.15, 0.2) is 5.13 Å². The van der Waals surface area contributed by atoms with E-state index in [9.17, 15) is 5.11 Å². The lowest BCUT2D eigenvalue weighted by Crippen LogP contribution is -2.22. The first kappa shape index (κ1) is 14.5. The molecule has 0 amide bonds. The van der Waals surface area contributed by atoms with E-state index in [1.54, 1.807) is 11.3 Å². The minimum Gasteiger partial charge on any atom is -0.391 e. The lowest BCUT2D eigenvalue weighted by molar-refractivity contribution is 0.284. The van der Waals surface area contributed by atoms with Gasteiger partial charge in [-0.2, -0.15) is 0 Å². The van der Waals surface area contributed by atoms with E-state index < -0.39 is 0 Å². The second-order valence-corrected chi connectivity index (χ2v) is 6.58. The van der Waals surface area contributed by atoms with Gasteiger partial charge in [0, 0.05) is 18.2 Å². The molecule has 1 aliphatic carbocycles. The van der Waals surface area contributed by atoms with E-state index in [4.69, 9.17) is 4.98 Å². The molecule has 0 aromatic carbocycles. The van der Waals surface area contributed by atoms with Gasteiger partial charge < -0.3 is 10.0 Å². The number of aliphatic hydroxyl groups is 1. The van der Waals surface area contributed by atoms with Crippen molar-refractivity contribution in [2.75, 3.05) is 11.4 Å². The summed E-state index contributed by atoms with van der Waals surface area (Å²) in [5.41, 5.74) is 3.22. The summed E-state index contributed by atoms with van der Waals surface area (Å²) >= 11 is 1.62. The van der Waals surface area contributed by atoms with Crippen molar-refractivity contribution in [2.24, 2.45) is 0 Å². The molecular weight excluding hydrogens is 282 g/mol. The van der Waals surface area contributed by atoms with Crippen molar-refractivity contribution in [2.45, 2.75) is 45.8 Å². The Morgan fingerprint density at radius 1 is 1.33 bits per heavy atom. The number of aromatic nitrogens is 2. The number of aryl methyl sites for hydroxylation is 1. The van der Waals surface area contributed by atoms with E-state index in [2.05, 4.69) is 22.9 Å². The van der Waals surface area contributed by atoms with Gasteiger partial charge in [-0.05, 0) is 38.8 Å². The van der Waals surface area contributed by atoms with E-state index in [1.165, 1.54) is 12.8 Å². The van der Waals surface area contributed by atoms with Gasteiger partial charge >= 0.3 is 0 Å². The Hall–Kier alpha value is -1.46. The molecular formula is C16H21N3OS. The Morgan fingerprint density at radius 2 is 2.14 bits per heavy atom. The summed E-state index contributed by atoms with van der Waals surface area (Å²) in [6.07, 6.45) is 2.42. The summed E-state index contributed by atoms with van der Waals surface area (Å²) in [5.74, 6) is 0.577. The zero-order chi connectivity index (χ0) is 14.8. The summed E-state index contributed by atoms with van der Waals surface area (Å²) in [4.78, 5) is 12.6. The first-order valence-electron chi connectivity index (χ1n) is 7.49. The van der Waals surface area contributed by atoms with Crippen molar-refractivity contribution in [1.82, 2.24) is 9.97 Å². The van der Waals surface area contributed by atoms with Gasteiger partial charge in [-0.3, -0.25) is 4.98 Å². The third-order valence-corrected chi connectivity index (χ3v) is 4.89. The largest absolute Gasteiger partial charge is 0.391 e. The molecule has 1 saturated carbocycles. The standard InChI is InChI=1S/C16H21N3OS/c1-3-19(9-13-6-4-5-11(2)17-13)16-18-15(12-7-8-12)14(10-20)21-16/h4-6,12,20H,3,7-10H2,1-2H3. The number of hydrogen-bond acceptors (Lipinski definition) is 5. The van der Waals surface area contributed by atoms with Gasteiger partial charge in [-0.15, -0.1) is 0 Å². The Bertz CT molecular complexity index is 622. The van der Waals surface area contributed by atoms with Gasteiger partial charge in [-0.1, -0.05) is 17.4 Å². The summed E-state index contributed by atoms with van der Waals surface area (Å²) in [6.45, 7) is 5.90. The van der Waals surface area contributed by atoms with Gasteiger partial charge in [0.25, 0.3) is 0 Å². The molecule has 1 aliphatic rings. The van der Waals surface area contributed by atoms with Crippen LogP contribution in [0.3, 0.4) is 0 Å². The number of rotatable bonds is 6. The molecule has 112 valence electrons. The van der Waals surface area contributed by atoms with Crippen LogP contribution in [-0.4, -0.2) is 21.6 Å². The van der Waals surface area contributed by atoms with E-state index in [-0.39, 0.29) is 6.61 Å². The molecule has 0 spiro atoms. The van der Waals surface area contributed by atoms with Crippen molar-refractivity contribution in [3.63, 3.8) is 0 Å². The minimum absolute atomic E-state index is 0.101. The highest BCUT2D eigenvalue weighted by Gasteiger charge is 2.30. The Labute approximate surface area is 129 Å². The van der Waals surface area contributed by atoms with Crippen LogP contribution in [0.1, 0.15) is 47.6 Å². The van der Waals surface area contributed by atoms with Crippen molar-refractivity contribution in [3.8, 4) is 0 Å². The van der Waals surface area contributed by atoms with Crippen LogP contribution >= 0.6 is 11.3 Å². The highest BCUT2D eigenvalue weighted by atomic mass is 32.1. The third kappa shape index (κ3) is 3.24. The van der Waals surface area contributed by atoms with Crippen LogP contribution in [0.25, 0.3) is 0 Å². The van der Waals surface area contributed by atoms with E-state index in [0.29, 0.717) is 5.92 Å². The lowest BCUT2D eigenvalue weighted by atomic mass is 10.2. The number of thiazole rings is 1. The number of hydrogen-bond donors (Lipinski definition) is 1. The smallest absolute Gasteiger partial charge is 0.186 e. The Kier molecular flexibility index (Phi) is 4.22. The Balaban J connectivity index is 1.82. The molecule has 2 heterocycles. The number of pyridine rings is 1. The van der Waals surface area contributed by atoms with Crippen molar-refractivity contribution in [3.05, 3.63) is 40.2 Å². The van der Waals surface area contributed by atoms with Gasteiger partial charge in [-0.25, -0.2) is 4.98 Å². The maximum Gasteiger partial charge on any atom is 0.186 e. The molecule has 1 N–H and O–H groups in total. The molecule has 0 saturated heterocycles. The summed E-state index contributed by atoms with van der Waals surface area (Å²) < 4.78 is 0. The average Bonchev–Trinajstić information content (AvgIpc) is 3.24. The summed E-state index contributed by atoms with van der Waals surface area (Å²) in [6, 6.07) is 6.11. The number of aliphatic hydroxyl groups excluding tert-OH is 1. The van der Waals surface area contributed by atoms with E-state index >= 15 is 0 Å². The summed E-state index contributed by atoms with van der Waals surface area (Å²) in [7, 11) is 0. The maximum absolute atomic E-state index is 9.53. The fourth-order valence-corrected chi connectivity index (χ4v) is 3.54. The SMILES string of the molecule is CCN(Cc1cccc(C)n1)c1nc(C2CC2)c(CO)s1. The fraction of sp³-hybridized carbons (Fsp3) is 0.500. The normalized spacial score (nSPS) is 14.4. The molecule has 0 unspecified atom stereocenters. The van der Waals surface area contributed by atoms with Crippen LogP contribution in [0.2, 0.25) is 0 Å². The monoisotopic (exact) mass is 303 g/mol. The van der Waals surface area contributed by atoms with Crippen LogP contribution in [0.5, 0.6) is 0 Å². The highest BCUT2D eigenvalue weighted by molar-refractivity contribution is 7.15. The first-order chi connectivity index (χ1) is 10.2. The predicted octanol–water partition coefficient (Wildman–Crippen LogP) is 3.24. The molecule has 2 aromatic heterocycles. The molecule has 2 aromatic rings. The highest BCUT2D eigenvalue weighted by Crippen LogP contribution is 2.44. The molecule has 21 heavy (non-hydrogen) atoms. The molecule has 5 heteroatoms. The van der Waals surface area contributed by atoms with Gasteiger partial charge in [0.1, 0.15) is 0 Å². The quantitative estimate of drug-likeness (QED) is 0.890. The molecule has 0 aliphatic heterocycles. The summed E-state index contributed by atoms with van der Waals surface area (Å²) in [5, 5.41) is 10.5. The Morgan fingerprint density at radius 3 is 2.76 bits per heavy atom. The fourth-order valence-electron chi connectivity index (χ4n) is 2.47. The van der Waals surface area contributed by atoms with Crippen LogP contribution in [0, 0.1) is 6.92 Å². The molecule has 0 atom stereocenters. The molecule has 0 bridgehead atoms. The number of nitrogens with zero attached hydrogens (tertiary/aromatic N) is 3. The zero-order valence-corrected chi connectivity index (χ0v) is 13.4. The third-order valence-electron chi connectivity index (χ3n) is 3.78. The van der Waals surface area contributed by atoms with Crippen LogP contribution in [-0.2, 0) is 13.2 Å². The van der Waals surface area contributed by atoms with E-state index in [0.717, 1.165) is 40.2 Å². The van der Waals surface area contributed by atoms with Gasteiger partial charge in [0.05, 0.1) is 29.4 Å². The van der Waals surface area contributed by atoms with Gasteiger partial charge in [0.2, 0.25) is 0 Å². The lowest BCUT2D eigenvalue weighted by Gasteiger charge is -2.19. The topological polar surface area (TPSA) is 49.2 Å².